The van der Waals surface area contributed by atoms with E-state index < -0.39 is 25.8 Å². The number of ether oxygens (including phenoxy) is 1. The first-order valence-corrected chi connectivity index (χ1v) is 12.2. The zero-order valence-corrected chi connectivity index (χ0v) is 18.8. The summed E-state index contributed by atoms with van der Waals surface area (Å²) in [5.74, 6) is -0.127. The number of fused-ring (bicyclic) bond motifs is 2. The van der Waals surface area contributed by atoms with Crippen molar-refractivity contribution in [1.82, 2.24) is 9.99 Å². The van der Waals surface area contributed by atoms with E-state index in [9.17, 15) is 14.2 Å². The van der Waals surface area contributed by atoms with Crippen LogP contribution in [-0.2, 0) is 30.0 Å². The van der Waals surface area contributed by atoms with E-state index in [0.717, 1.165) is 18.5 Å². The summed E-state index contributed by atoms with van der Waals surface area (Å²) < 4.78 is 30.2. The van der Waals surface area contributed by atoms with Gasteiger partial charge in [-0.3, -0.25) is 19.0 Å². The number of carbonyl (C=O) groups is 2. The first kappa shape index (κ1) is 22.7. The van der Waals surface area contributed by atoms with Crippen molar-refractivity contribution in [2.45, 2.75) is 32.0 Å². The molecule has 0 aliphatic carbocycles. The summed E-state index contributed by atoms with van der Waals surface area (Å²) in [5.41, 5.74) is 0.844. The van der Waals surface area contributed by atoms with Crippen LogP contribution in [0.25, 0.3) is 0 Å². The lowest BCUT2D eigenvalue weighted by atomic mass is 9.99. The fraction of sp³-hybridized carbons (Fsp3) is 0.391. The summed E-state index contributed by atoms with van der Waals surface area (Å²) in [7, 11) is -3.98. The van der Waals surface area contributed by atoms with Gasteiger partial charge in [-0.1, -0.05) is 48.5 Å². The van der Waals surface area contributed by atoms with E-state index in [1.165, 1.54) is 6.92 Å². The molecule has 0 radical (unpaired) electrons. The fourth-order valence-corrected chi connectivity index (χ4v) is 5.46. The van der Waals surface area contributed by atoms with Gasteiger partial charge >= 0.3 is 13.7 Å². The quantitative estimate of drug-likeness (QED) is 0.429. The normalized spacial score (nSPS) is 24.7. The molecule has 2 aromatic carbocycles. The largest absolute Gasteiger partial charge is 0.460 e. The Morgan fingerprint density at radius 1 is 1.16 bits per heavy atom. The molecule has 8 nitrogen and oxygen atoms in total. The van der Waals surface area contributed by atoms with Crippen molar-refractivity contribution in [3.05, 3.63) is 66.2 Å². The maximum atomic E-state index is 13.5. The molecule has 1 N–H and O–H groups in total. The van der Waals surface area contributed by atoms with E-state index in [2.05, 4.69) is 5.09 Å². The number of rotatable bonds is 10. The maximum Gasteiger partial charge on any atom is 0.459 e. The van der Waals surface area contributed by atoms with E-state index in [4.69, 9.17) is 13.8 Å². The van der Waals surface area contributed by atoms with Crippen LogP contribution in [0, 0.1) is 5.92 Å². The van der Waals surface area contributed by atoms with Gasteiger partial charge in [0.1, 0.15) is 18.4 Å². The summed E-state index contributed by atoms with van der Waals surface area (Å²) in [6.07, 6.45) is 0.857. The predicted molar refractivity (Wildman–Crippen MR) is 118 cm³/mol. The van der Waals surface area contributed by atoms with E-state index in [1.807, 2.05) is 35.2 Å². The Balaban J connectivity index is 1.40. The van der Waals surface area contributed by atoms with Crippen LogP contribution in [0.1, 0.15) is 18.9 Å². The third kappa shape index (κ3) is 5.45. The number of Topliss-reactive ketones (excluding diaryl/α,β-unsaturated/α-hetero) is 1. The number of ketones is 1. The van der Waals surface area contributed by atoms with Gasteiger partial charge < -0.3 is 9.26 Å². The zero-order chi connectivity index (χ0) is 22.6. The molecule has 2 unspecified atom stereocenters. The van der Waals surface area contributed by atoms with Crippen LogP contribution in [0.5, 0.6) is 5.75 Å². The molecule has 0 saturated carbocycles. The molecule has 2 fully saturated rings. The Bertz CT molecular complexity index is 986. The number of hydrogen-bond acceptors (Lipinski definition) is 7. The summed E-state index contributed by atoms with van der Waals surface area (Å²) in [6.45, 7) is 3.10. The smallest absolute Gasteiger partial charge is 0.459 e. The monoisotopic (exact) mass is 458 g/mol. The van der Waals surface area contributed by atoms with Gasteiger partial charge in [0.25, 0.3) is 0 Å². The van der Waals surface area contributed by atoms with Gasteiger partial charge in [-0.25, -0.2) is 4.57 Å². The van der Waals surface area contributed by atoms with Crippen LogP contribution < -0.4 is 9.61 Å². The summed E-state index contributed by atoms with van der Waals surface area (Å²) in [6, 6.07) is 16.4. The Labute approximate surface area is 187 Å². The maximum absolute atomic E-state index is 13.5. The van der Waals surface area contributed by atoms with Crippen LogP contribution in [0.15, 0.2) is 60.7 Å². The first-order chi connectivity index (χ1) is 15.4. The highest BCUT2D eigenvalue weighted by Gasteiger charge is 2.46. The van der Waals surface area contributed by atoms with Crippen molar-refractivity contribution >= 4 is 19.5 Å². The van der Waals surface area contributed by atoms with Crippen molar-refractivity contribution in [1.29, 1.82) is 0 Å². The minimum Gasteiger partial charge on any atom is -0.460 e. The highest BCUT2D eigenvalue weighted by Crippen LogP contribution is 2.46. The van der Waals surface area contributed by atoms with Crippen LogP contribution in [0.3, 0.4) is 0 Å². The Kier molecular flexibility index (Phi) is 7.06. The summed E-state index contributed by atoms with van der Waals surface area (Å²) in [4.78, 5) is 27.0. The van der Waals surface area contributed by atoms with Crippen LogP contribution in [-0.4, -0.2) is 48.4 Å². The van der Waals surface area contributed by atoms with Crippen LogP contribution >= 0.6 is 7.75 Å². The van der Waals surface area contributed by atoms with E-state index >= 15 is 0 Å². The van der Waals surface area contributed by atoms with Gasteiger partial charge in [-0.15, -0.1) is 0 Å². The van der Waals surface area contributed by atoms with Crippen molar-refractivity contribution in [3.63, 3.8) is 0 Å². The van der Waals surface area contributed by atoms with Gasteiger partial charge in [0.2, 0.25) is 0 Å². The van der Waals surface area contributed by atoms with Gasteiger partial charge in [0.15, 0.2) is 5.78 Å². The summed E-state index contributed by atoms with van der Waals surface area (Å²) in [5, 5.41) is 2.67. The topological polar surface area (TPSA) is 94.2 Å². The standard InChI is InChI=1S/C23H27N2O6P/c1-17(23(27)29-15-18-8-4-2-5-9-18)24-32(28,31-20-10-6-3-7-11-20)30-16-21-22(26)19-12-13-25(21)14-19/h2-11,17,19,21H,12-16H2,1H3,(H,24,28)/t17-,19-,21+,32?/m0/s1. The molecular weight excluding hydrogens is 431 g/mol. The van der Waals surface area contributed by atoms with Gasteiger partial charge in [0, 0.05) is 12.5 Å². The van der Waals surface area contributed by atoms with Crippen molar-refractivity contribution in [3.8, 4) is 5.75 Å². The molecular formula is C23H27N2O6P. The van der Waals surface area contributed by atoms with Gasteiger partial charge in [-0.2, -0.15) is 5.09 Å². The number of piperidine rings is 1. The molecule has 2 aromatic rings. The van der Waals surface area contributed by atoms with Crippen molar-refractivity contribution in [2.24, 2.45) is 5.92 Å². The molecule has 9 heteroatoms. The number of para-hydroxylation sites is 1. The summed E-state index contributed by atoms with van der Waals surface area (Å²) >= 11 is 0. The van der Waals surface area contributed by atoms with Gasteiger partial charge in [0.05, 0.1) is 12.6 Å². The number of nitrogens with one attached hydrogen (secondary N) is 1. The number of esters is 1. The number of carbonyl (C=O) groups excluding carboxylic acids is 2. The number of benzene rings is 2. The van der Waals surface area contributed by atoms with E-state index in [0.29, 0.717) is 12.3 Å². The Hall–Kier alpha value is -2.51. The van der Waals surface area contributed by atoms with Crippen molar-refractivity contribution < 1.29 is 27.9 Å². The lowest BCUT2D eigenvalue weighted by molar-refractivity contribution is -0.146. The number of nitrogens with zero attached hydrogens (tertiary/aromatic N) is 1. The Morgan fingerprint density at radius 2 is 1.84 bits per heavy atom. The van der Waals surface area contributed by atoms with Gasteiger partial charge in [-0.05, 0) is 37.6 Å². The first-order valence-electron chi connectivity index (χ1n) is 10.7. The van der Waals surface area contributed by atoms with Crippen molar-refractivity contribution in [2.75, 3.05) is 19.7 Å². The molecule has 4 rings (SSSR count). The SMILES string of the molecule is C[C@H](NP(=O)(OC[C@@H]1C(=O)[C@H]2CCN1C2)Oc1ccccc1)C(=O)OCc1ccccc1. The third-order valence-electron chi connectivity index (χ3n) is 5.69. The van der Waals surface area contributed by atoms with E-state index in [-0.39, 0.29) is 24.9 Å². The minimum atomic E-state index is -3.98. The lowest BCUT2D eigenvalue weighted by Gasteiger charge is -2.27. The Morgan fingerprint density at radius 3 is 2.50 bits per heavy atom. The second-order valence-corrected chi connectivity index (χ2v) is 9.73. The highest BCUT2D eigenvalue weighted by atomic mass is 31.2. The average Bonchev–Trinajstić information content (AvgIpc) is 3.39. The fourth-order valence-electron chi connectivity index (χ4n) is 3.96. The van der Waals surface area contributed by atoms with Crippen LogP contribution in [0.2, 0.25) is 0 Å². The predicted octanol–water partition coefficient (Wildman–Crippen LogP) is 3.18. The molecule has 2 aliphatic rings. The van der Waals surface area contributed by atoms with Crippen LogP contribution in [0.4, 0.5) is 0 Å². The molecule has 0 spiro atoms. The van der Waals surface area contributed by atoms with E-state index in [1.54, 1.807) is 30.3 Å². The molecule has 2 heterocycles. The molecule has 0 aromatic heterocycles. The molecule has 5 atom stereocenters. The molecule has 2 aliphatic heterocycles. The lowest BCUT2D eigenvalue weighted by Crippen LogP contribution is -2.41. The number of hydrogen-bond donors (Lipinski definition) is 1. The highest BCUT2D eigenvalue weighted by molar-refractivity contribution is 7.52. The molecule has 0 amide bonds. The average molecular weight is 458 g/mol. The molecule has 170 valence electrons. The second-order valence-electron chi connectivity index (χ2n) is 8.04. The third-order valence-corrected chi connectivity index (χ3v) is 7.34. The molecule has 2 saturated heterocycles. The second kappa shape index (κ2) is 9.96. The molecule has 2 bridgehead atoms. The zero-order valence-electron chi connectivity index (χ0n) is 17.9. The minimum absolute atomic E-state index is 0.0258. The molecule has 32 heavy (non-hydrogen) atoms.